The van der Waals surface area contributed by atoms with Crippen LogP contribution < -0.4 is 5.32 Å². The van der Waals surface area contributed by atoms with Crippen LogP contribution in [0.5, 0.6) is 0 Å². The number of hydrogen-bond acceptors (Lipinski definition) is 3. The molecule has 3 nitrogen and oxygen atoms in total. The molecule has 0 amide bonds. The Hall–Kier alpha value is -1.40. The van der Waals surface area contributed by atoms with Gasteiger partial charge in [-0.3, -0.25) is 10.3 Å². The molecule has 84 valence electrons. The maximum absolute atomic E-state index is 9.17. The molecule has 3 heteroatoms. The summed E-state index contributed by atoms with van der Waals surface area (Å²) in [6.07, 6.45) is 9.78. The Morgan fingerprint density at radius 2 is 2.19 bits per heavy atom. The molecule has 1 saturated carbocycles. The first-order valence-corrected chi connectivity index (χ1v) is 5.96. The Morgan fingerprint density at radius 1 is 1.38 bits per heavy atom. The molecule has 1 aromatic heterocycles. The molecule has 1 heterocycles. The van der Waals surface area contributed by atoms with Gasteiger partial charge in [-0.1, -0.05) is 25.3 Å². The number of nitrogens with one attached hydrogen (secondary N) is 1. The summed E-state index contributed by atoms with van der Waals surface area (Å²) in [7, 11) is 0. The van der Waals surface area contributed by atoms with Crippen molar-refractivity contribution >= 4 is 0 Å². The fraction of sp³-hybridized carbons (Fsp3) is 0.538. The van der Waals surface area contributed by atoms with E-state index in [2.05, 4.69) is 16.4 Å². The lowest BCUT2D eigenvalue weighted by molar-refractivity contribution is 0.359. The molecule has 1 aliphatic carbocycles. The van der Waals surface area contributed by atoms with Gasteiger partial charge in [0.2, 0.25) is 0 Å². The zero-order valence-corrected chi connectivity index (χ0v) is 9.39. The highest BCUT2D eigenvalue weighted by atomic mass is 15.0. The average molecular weight is 215 g/mol. The van der Waals surface area contributed by atoms with Crippen LogP contribution in [-0.2, 0) is 0 Å². The van der Waals surface area contributed by atoms with E-state index in [4.69, 9.17) is 5.26 Å². The van der Waals surface area contributed by atoms with Crippen molar-refractivity contribution in [3.63, 3.8) is 0 Å². The van der Waals surface area contributed by atoms with E-state index < -0.39 is 0 Å². The summed E-state index contributed by atoms with van der Waals surface area (Å²) < 4.78 is 0. The number of hydrogen-bond donors (Lipinski definition) is 1. The average Bonchev–Trinajstić information content (AvgIpc) is 2.38. The second-order valence-corrected chi connectivity index (χ2v) is 4.35. The van der Waals surface area contributed by atoms with Gasteiger partial charge >= 0.3 is 0 Å². The minimum atomic E-state index is -0.211. The molecule has 0 aliphatic heterocycles. The first kappa shape index (κ1) is 11.1. The van der Waals surface area contributed by atoms with Gasteiger partial charge < -0.3 is 0 Å². The zero-order valence-electron chi connectivity index (χ0n) is 9.39. The van der Waals surface area contributed by atoms with Crippen molar-refractivity contribution in [3.8, 4) is 6.07 Å². The highest BCUT2D eigenvalue weighted by Gasteiger charge is 2.18. The molecule has 1 aromatic rings. The minimum Gasteiger partial charge on any atom is -0.295 e. The van der Waals surface area contributed by atoms with Crippen molar-refractivity contribution in [1.82, 2.24) is 10.3 Å². The molecule has 0 aromatic carbocycles. The molecule has 1 unspecified atom stereocenters. The third-order valence-electron chi connectivity index (χ3n) is 3.15. The zero-order chi connectivity index (χ0) is 11.2. The SMILES string of the molecule is N#CC(NC1CCCCC1)c1cccnc1. The van der Waals surface area contributed by atoms with Gasteiger partial charge in [0.25, 0.3) is 0 Å². The van der Waals surface area contributed by atoms with Crippen LogP contribution in [0.25, 0.3) is 0 Å². The normalized spacial score (nSPS) is 18.9. The predicted octanol–water partition coefficient (Wildman–Crippen LogP) is 2.57. The summed E-state index contributed by atoms with van der Waals surface area (Å²) in [6.45, 7) is 0. The quantitative estimate of drug-likeness (QED) is 0.843. The Bertz CT molecular complexity index is 349. The van der Waals surface area contributed by atoms with E-state index in [9.17, 15) is 0 Å². The first-order chi connectivity index (χ1) is 7.90. The predicted molar refractivity (Wildman–Crippen MR) is 62.6 cm³/mol. The third-order valence-corrected chi connectivity index (χ3v) is 3.15. The number of pyridine rings is 1. The molecule has 1 aliphatic rings. The van der Waals surface area contributed by atoms with Gasteiger partial charge in [-0.05, 0) is 18.9 Å². The van der Waals surface area contributed by atoms with E-state index >= 15 is 0 Å². The van der Waals surface area contributed by atoms with Crippen LogP contribution in [0.1, 0.15) is 43.7 Å². The summed E-state index contributed by atoms with van der Waals surface area (Å²) in [4.78, 5) is 4.06. The standard InChI is InChI=1S/C13H17N3/c14-9-13(11-5-4-8-15-10-11)16-12-6-2-1-3-7-12/h4-5,8,10,12-13,16H,1-3,6-7H2. The minimum absolute atomic E-state index is 0.211. The Kier molecular flexibility index (Phi) is 3.90. The topological polar surface area (TPSA) is 48.7 Å². The van der Waals surface area contributed by atoms with Crippen molar-refractivity contribution in [2.75, 3.05) is 0 Å². The smallest absolute Gasteiger partial charge is 0.123 e. The van der Waals surface area contributed by atoms with Crippen LogP contribution >= 0.6 is 0 Å². The summed E-state index contributed by atoms with van der Waals surface area (Å²) in [5.41, 5.74) is 0.968. The lowest BCUT2D eigenvalue weighted by Crippen LogP contribution is -2.33. The van der Waals surface area contributed by atoms with E-state index in [0.717, 1.165) is 5.56 Å². The largest absolute Gasteiger partial charge is 0.295 e. The van der Waals surface area contributed by atoms with Crippen LogP contribution in [0.3, 0.4) is 0 Å². The summed E-state index contributed by atoms with van der Waals surface area (Å²) in [5.74, 6) is 0. The van der Waals surface area contributed by atoms with E-state index in [1.807, 2.05) is 12.1 Å². The molecule has 1 atom stereocenters. The van der Waals surface area contributed by atoms with E-state index in [-0.39, 0.29) is 6.04 Å². The van der Waals surface area contributed by atoms with E-state index in [0.29, 0.717) is 6.04 Å². The molecule has 0 radical (unpaired) electrons. The number of rotatable bonds is 3. The molecule has 1 fully saturated rings. The maximum atomic E-state index is 9.17. The fourth-order valence-electron chi connectivity index (χ4n) is 2.26. The number of nitriles is 1. The Morgan fingerprint density at radius 3 is 2.81 bits per heavy atom. The van der Waals surface area contributed by atoms with Crippen molar-refractivity contribution in [1.29, 1.82) is 5.26 Å². The van der Waals surface area contributed by atoms with Gasteiger partial charge in [0, 0.05) is 24.0 Å². The lowest BCUT2D eigenvalue weighted by atomic mass is 9.94. The molecule has 0 saturated heterocycles. The maximum Gasteiger partial charge on any atom is 0.123 e. The summed E-state index contributed by atoms with van der Waals surface area (Å²) in [6, 6.07) is 6.43. The molecule has 0 spiro atoms. The summed E-state index contributed by atoms with van der Waals surface area (Å²) >= 11 is 0. The van der Waals surface area contributed by atoms with E-state index in [1.165, 1.54) is 32.1 Å². The number of aromatic nitrogens is 1. The van der Waals surface area contributed by atoms with Crippen molar-refractivity contribution < 1.29 is 0 Å². The Labute approximate surface area is 96.5 Å². The second kappa shape index (κ2) is 5.62. The van der Waals surface area contributed by atoms with Crippen LogP contribution in [-0.4, -0.2) is 11.0 Å². The number of nitrogens with zero attached hydrogens (tertiary/aromatic N) is 2. The van der Waals surface area contributed by atoms with Crippen LogP contribution in [0.15, 0.2) is 24.5 Å². The van der Waals surface area contributed by atoms with Gasteiger partial charge in [-0.2, -0.15) is 5.26 Å². The van der Waals surface area contributed by atoms with Gasteiger partial charge in [0.15, 0.2) is 0 Å². The molecule has 2 rings (SSSR count). The Balaban J connectivity index is 1.98. The first-order valence-electron chi connectivity index (χ1n) is 5.96. The monoisotopic (exact) mass is 215 g/mol. The van der Waals surface area contributed by atoms with Crippen molar-refractivity contribution in [2.24, 2.45) is 0 Å². The van der Waals surface area contributed by atoms with Crippen LogP contribution in [0, 0.1) is 11.3 Å². The second-order valence-electron chi connectivity index (χ2n) is 4.35. The van der Waals surface area contributed by atoms with Crippen LogP contribution in [0.2, 0.25) is 0 Å². The fourth-order valence-corrected chi connectivity index (χ4v) is 2.26. The van der Waals surface area contributed by atoms with Crippen molar-refractivity contribution in [2.45, 2.75) is 44.2 Å². The molecular weight excluding hydrogens is 198 g/mol. The molecule has 16 heavy (non-hydrogen) atoms. The third kappa shape index (κ3) is 2.80. The van der Waals surface area contributed by atoms with Gasteiger partial charge in [0.05, 0.1) is 6.07 Å². The molecular formula is C13H17N3. The summed E-state index contributed by atoms with van der Waals surface area (Å²) in [5, 5.41) is 12.6. The van der Waals surface area contributed by atoms with E-state index in [1.54, 1.807) is 12.4 Å². The van der Waals surface area contributed by atoms with Gasteiger partial charge in [-0.25, -0.2) is 0 Å². The lowest BCUT2D eigenvalue weighted by Gasteiger charge is -2.25. The van der Waals surface area contributed by atoms with Crippen LogP contribution in [0.4, 0.5) is 0 Å². The highest BCUT2D eigenvalue weighted by molar-refractivity contribution is 5.20. The highest BCUT2D eigenvalue weighted by Crippen LogP contribution is 2.20. The van der Waals surface area contributed by atoms with Gasteiger partial charge in [0.1, 0.15) is 6.04 Å². The molecule has 0 bridgehead atoms. The van der Waals surface area contributed by atoms with Gasteiger partial charge in [-0.15, -0.1) is 0 Å². The van der Waals surface area contributed by atoms with Crippen molar-refractivity contribution in [3.05, 3.63) is 30.1 Å². The molecule has 1 N–H and O–H groups in total.